The van der Waals surface area contributed by atoms with Crippen molar-refractivity contribution < 1.29 is 22.0 Å². The third kappa shape index (κ3) is 3.97. The van der Waals surface area contributed by atoms with Gasteiger partial charge in [0.15, 0.2) is 9.84 Å². The Bertz CT molecular complexity index is 1180. The molecule has 1 aromatic heterocycles. The van der Waals surface area contributed by atoms with Crippen LogP contribution in [-0.2, 0) is 9.84 Å². The smallest absolute Gasteiger partial charge is 0.271 e. The molecular formula is C21H19F2N3O3S. The van der Waals surface area contributed by atoms with Crippen molar-refractivity contribution in [2.45, 2.75) is 11.7 Å². The van der Waals surface area contributed by atoms with E-state index >= 15 is 0 Å². The van der Waals surface area contributed by atoms with Gasteiger partial charge in [-0.1, -0.05) is 18.2 Å². The standard InChI is InChI=1S/C21H19F2N3O3S/c22-15-7-5-14(6-8-15)18-13-19(25-24-18)21(27)26-10-9-20(30(28,29)12-11-26)16-3-1-2-4-17(16)23/h1-8,13,20H,9-12H2,(H,24,25). The highest BCUT2D eigenvalue weighted by atomic mass is 32.2. The van der Waals surface area contributed by atoms with Gasteiger partial charge in [0.2, 0.25) is 0 Å². The number of aromatic amines is 1. The van der Waals surface area contributed by atoms with Crippen molar-refractivity contribution in [3.05, 3.63) is 77.5 Å². The number of carbonyl (C=O) groups excluding carboxylic acids is 1. The van der Waals surface area contributed by atoms with Crippen molar-refractivity contribution in [1.29, 1.82) is 0 Å². The Labute approximate surface area is 172 Å². The number of carbonyl (C=O) groups is 1. The lowest BCUT2D eigenvalue weighted by molar-refractivity contribution is 0.0760. The number of benzene rings is 2. The number of hydrogen-bond donors (Lipinski definition) is 1. The Balaban J connectivity index is 1.54. The fraction of sp³-hybridized carbons (Fsp3) is 0.238. The molecule has 9 heteroatoms. The number of H-pyrrole nitrogens is 1. The van der Waals surface area contributed by atoms with Gasteiger partial charge in [0.05, 0.1) is 16.7 Å². The van der Waals surface area contributed by atoms with Gasteiger partial charge in [0.25, 0.3) is 5.91 Å². The van der Waals surface area contributed by atoms with E-state index in [9.17, 15) is 22.0 Å². The summed E-state index contributed by atoms with van der Waals surface area (Å²) < 4.78 is 52.7. The fourth-order valence-electron chi connectivity index (χ4n) is 3.60. The number of nitrogens with one attached hydrogen (secondary N) is 1. The van der Waals surface area contributed by atoms with E-state index in [-0.39, 0.29) is 48.2 Å². The van der Waals surface area contributed by atoms with Crippen molar-refractivity contribution in [2.75, 3.05) is 18.8 Å². The maximum Gasteiger partial charge on any atom is 0.271 e. The van der Waals surface area contributed by atoms with Crippen molar-refractivity contribution in [1.82, 2.24) is 15.1 Å². The van der Waals surface area contributed by atoms with Gasteiger partial charge in [-0.25, -0.2) is 17.2 Å². The first-order valence-corrected chi connectivity index (χ1v) is 11.1. The van der Waals surface area contributed by atoms with Crippen LogP contribution in [0.5, 0.6) is 0 Å². The maximum absolute atomic E-state index is 14.2. The predicted octanol–water partition coefficient (Wildman–Crippen LogP) is 3.36. The number of sulfone groups is 1. The summed E-state index contributed by atoms with van der Waals surface area (Å²) in [4.78, 5) is 14.3. The van der Waals surface area contributed by atoms with Crippen LogP contribution in [-0.4, -0.2) is 48.3 Å². The molecule has 2 heterocycles. The third-order valence-electron chi connectivity index (χ3n) is 5.23. The van der Waals surface area contributed by atoms with Crippen LogP contribution in [0.4, 0.5) is 8.78 Å². The van der Waals surface area contributed by atoms with Crippen LogP contribution in [0.1, 0.15) is 27.7 Å². The Morgan fingerprint density at radius 2 is 1.80 bits per heavy atom. The Hall–Kier alpha value is -3.07. The Kier molecular flexibility index (Phi) is 5.38. The van der Waals surface area contributed by atoms with Crippen molar-refractivity contribution in [3.8, 4) is 11.3 Å². The topological polar surface area (TPSA) is 83.1 Å². The molecule has 4 rings (SSSR count). The fourth-order valence-corrected chi connectivity index (χ4v) is 5.40. The molecular weight excluding hydrogens is 412 g/mol. The number of rotatable bonds is 3. The quantitative estimate of drug-likeness (QED) is 0.689. The summed E-state index contributed by atoms with van der Waals surface area (Å²) in [5.41, 5.74) is 1.46. The molecule has 1 unspecified atom stereocenters. The minimum Gasteiger partial charge on any atom is -0.336 e. The summed E-state index contributed by atoms with van der Waals surface area (Å²) in [6.45, 7) is 0.180. The minimum absolute atomic E-state index is 0.0109. The number of halogens is 2. The second-order valence-electron chi connectivity index (χ2n) is 7.13. The largest absolute Gasteiger partial charge is 0.336 e. The number of nitrogens with zero attached hydrogens (tertiary/aromatic N) is 2. The molecule has 1 amide bonds. The molecule has 2 aromatic carbocycles. The molecule has 0 aliphatic carbocycles. The van der Waals surface area contributed by atoms with Crippen LogP contribution in [0.25, 0.3) is 11.3 Å². The lowest BCUT2D eigenvalue weighted by Gasteiger charge is -2.19. The van der Waals surface area contributed by atoms with E-state index in [0.717, 1.165) is 0 Å². The average Bonchev–Trinajstić information content (AvgIpc) is 3.15. The van der Waals surface area contributed by atoms with E-state index in [1.807, 2.05) is 0 Å². The summed E-state index contributed by atoms with van der Waals surface area (Å²) >= 11 is 0. The van der Waals surface area contributed by atoms with Crippen LogP contribution >= 0.6 is 0 Å². The summed E-state index contributed by atoms with van der Waals surface area (Å²) in [5, 5.41) is 5.77. The molecule has 0 saturated carbocycles. The zero-order valence-corrected chi connectivity index (χ0v) is 16.7. The summed E-state index contributed by atoms with van der Waals surface area (Å²) in [6, 6.07) is 13.1. The monoisotopic (exact) mass is 431 g/mol. The molecule has 3 aromatic rings. The van der Waals surface area contributed by atoms with Crippen LogP contribution in [0.15, 0.2) is 54.6 Å². The normalized spacial score (nSPS) is 18.7. The van der Waals surface area contributed by atoms with Crippen molar-refractivity contribution >= 4 is 15.7 Å². The maximum atomic E-state index is 14.2. The van der Waals surface area contributed by atoms with Gasteiger partial charge in [-0.05, 0) is 42.8 Å². The molecule has 1 aliphatic heterocycles. The van der Waals surface area contributed by atoms with E-state index in [1.54, 1.807) is 24.3 Å². The highest BCUT2D eigenvalue weighted by Crippen LogP contribution is 2.31. The second-order valence-corrected chi connectivity index (χ2v) is 9.43. The molecule has 6 nitrogen and oxygen atoms in total. The molecule has 1 fully saturated rings. The zero-order chi connectivity index (χ0) is 21.3. The summed E-state index contributed by atoms with van der Waals surface area (Å²) in [7, 11) is -3.62. The first kappa shape index (κ1) is 20.2. The van der Waals surface area contributed by atoms with Gasteiger partial charge in [-0.2, -0.15) is 5.10 Å². The van der Waals surface area contributed by atoms with Crippen LogP contribution in [0.2, 0.25) is 0 Å². The third-order valence-corrected chi connectivity index (χ3v) is 7.34. The van der Waals surface area contributed by atoms with E-state index in [4.69, 9.17) is 0 Å². The summed E-state index contributed by atoms with van der Waals surface area (Å²) in [5.74, 6) is -1.58. The highest BCUT2D eigenvalue weighted by Gasteiger charge is 2.34. The van der Waals surface area contributed by atoms with E-state index in [2.05, 4.69) is 10.2 Å². The zero-order valence-electron chi connectivity index (χ0n) is 15.9. The number of amides is 1. The molecule has 1 N–H and O–H groups in total. The van der Waals surface area contributed by atoms with E-state index in [0.29, 0.717) is 11.3 Å². The van der Waals surface area contributed by atoms with Crippen LogP contribution in [0, 0.1) is 11.6 Å². The second kappa shape index (κ2) is 7.98. The molecule has 30 heavy (non-hydrogen) atoms. The van der Waals surface area contributed by atoms with Crippen molar-refractivity contribution in [3.63, 3.8) is 0 Å². The molecule has 0 bridgehead atoms. The summed E-state index contributed by atoms with van der Waals surface area (Å²) in [6.07, 6.45) is 0.105. The molecule has 1 saturated heterocycles. The Morgan fingerprint density at radius 1 is 1.07 bits per heavy atom. The van der Waals surface area contributed by atoms with E-state index < -0.39 is 20.9 Å². The van der Waals surface area contributed by atoms with Crippen LogP contribution < -0.4 is 0 Å². The van der Waals surface area contributed by atoms with Gasteiger partial charge in [0.1, 0.15) is 17.3 Å². The van der Waals surface area contributed by atoms with Gasteiger partial charge < -0.3 is 4.90 Å². The number of aromatic nitrogens is 2. The van der Waals surface area contributed by atoms with Gasteiger partial charge in [-0.3, -0.25) is 9.89 Å². The lowest BCUT2D eigenvalue weighted by Crippen LogP contribution is -2.33. The molecule has 1 atom stereocenters. The molecule has 1 aliphatic rings. The van der Waals surface area contributed by atoms with Gasteiger partial charge in [-0.15, -0.1) is 0 Å². The molecule has 156 valence electrons. The SMILES string of the molecule is O=C(c1cc(-c2ccc(F)cc2)n[nH]1)N1CCC(c2ccccc2F)S(=O)(=O)CC1. The molecule has 0 radical (unpaired) electrons. The first-order chi connectivity index (χ1) is 14.3. The Morgan fingerprint density at radius 3 is 2.53 bits per heavy atom. The van der Waals surface area contributed by atoms with Gasteiger partial charge >= 0.3 is 0 Å². The van der Waals surface area contributed by atoms with Crippen LogP contribution in [0.3, 0.4) is 0 Å². The van der Waals surface area contributed by atoms with Gasteiger partial charge in [0, 0.05) is 24.2 Å². The average molecular weight is 431 g/mol. The number of hydrogen-bond acceptors (Lipinski definition) is 4. The van der Waals surface area contributed by atoms with Crippen molar-refractivity contribution in [2.24, 2.45) is 0 Å². The minimum atomic E-state index is -3.62. The highest BCUT2D eigenvalue weighted by molar-refractivity contribution is 7.91. The lowest BCUT2D eigenvalue weighted by atomic mass is 10.1. The molecule has 0 spiro atoms. The first-order valence-electron chi connectivity index (χ1n) is 9.42. The predicted molar refractivity (Wildman–Crippen MR) is 107 cm³/mol. The van der Waals surface area contributed by atoms with E-state index in [1.165, 1.54) is 35.2 Å².